The van der Waals surface area contributed by atoms with Gasteiger partial charge in [0.2, 0.25) is 0 Å². The van der Waals surface area contributed by atoms with E-state index in [9.17, 15) is 0 Å². The van der Waals surface area contributed by atoms with Crippen LogP contribution in [0.3, 0.4) is 0 Å². The molecule has 12 aromatic rings. The molecule has 0 saturated carbocycles. The minimum atomic E-state index is 0.782. The molecule has 0 N–H and O–H groups in total. The van der Waals surface area contributed by atoms with E-state index in [4.69, 9.17) is 14.4 Å². The first-order chi connectivity index (χ1) is 28.8. The number of benzene rings is 7. The summed E-state index contributed by atoms with van der Waals surface area (Å²) >= 11 is 0. The number of aromatic nitrogens is 4. The van der Waals surface area contributed by atoms with Gasteiger partial charge in [-0.2, -0.15) is 0 Å². The van der Waals surface area contributed by atoms with Crippen molar-refractivity contribution in [3.63, 3.8) is 0 Å². The Balaban J connectivity index is 1.02. The minimum Gasteiger partial charge on any atom is -0.453 e. The van der Waals surface area contributed by atoms with E-state index < -0.39 is 0 Å². The zero-order valence-corrected chi connectivity index (χ0v) is 31.2. The summed E-state index contributed by atoms with van der Waals surface area (Å²) in [5.74, 6) is 0. The molecular weight excluding hydrogens is 711 g/mol. The average Bonchev–Trinajstić information content (AvgIpc) is 3.96. The van der Waals surface area contributed by atoms with E-state index in [1.54, 1.807) is 0 Å². The molecule has 0 aliphatic carbocycles. The summed E-state index contributed by atoms with van der Waals surface area (Å²) in [6.07, 6.45) is 3.85. The van der Waals surface area contributed by atoms with Gasteiger partial charge in [0.1, 0.15) is 16.6 Å². The third-order valence-electron chi connectivity index (χ3n) is 11.4. The van der Waals surface area contributed by atoms with E-state index in [-0.39, 0.29) is 0 Å². The number of para-hydroxylation sites is 3. The number of hydrogen-bond acceptors (Lipinski definition) is 4. The summed E-state index contributed by atoms with van der Waals surface area (Å²) in [5, 5.41) is 4.12. The van der Waals surface area contributed by atoms with Crippen molar-refractivity contribution in [2.45, 2.75) is 0 Å². The van der Waals surface area contributed by atoms with Gasteiger partial charge < -0.3 is 18.5 Å². The van der Waals surface area contributed by atoms with Gasteiger partial charge in [-0.25, -0.2) is 4.98 Å². The van der Waals surface area contributed by atoms with Crippen molar-refractivity contribution in [2.75, 3.05) is 4.90 Å². The Morgan fingerprint density at radius 2 is 0.983 bits per heavy atom. The van der Waals surface area contributed by atoms with Gasteiger partial charge in [0.05, 0.1) is 39.0 Å². The van der Waals surface area contributed by atoms with E-state index in [1.165, 1.54) is 11.1 Å². The van der Waals surface area contributed by atoms with Gasteiger partial charge in [-0.15, -0.1) is 0 Å². The van der Waals surface area contributed by atoms with Crippen LogP contribution in [0.25, 0.3) is 88.3 Å². The van der Waals surface area contributed by atoms with E-state index >= 15 is 0 Å². The van der Waals surface area contributed by atoms with Crippen LogP contribution in [0.15, 0.2) is 205 Å². The first kappa shape index (κ1) is 32.3. The standard InChI is InChI=1S/C52H33N5O/c1-4-13-34(14-5-1)35-22-24-38(25-23-35)55(36-15-6-2-7-16-36)39-26-28-40(29-27-39)57-44-31-30-42-49-52(58-51(42)48(44)50-45(57)21-12-32-53-50)47-41-19-10-11-20-43(41)56(46(47)33-54-49)37-17-8-3-9-18-37/h1-33H. The van der Waals surface area contributed by atoms with Crippen LogP contribution in [0.4, 0.5) is 17.1 Å². The quantitative estimate of drug-likeness (QED) is 0.170. The number of rotatable bonds is 6. The van der Waals surface area contributed by atoms with Gasteiger partial charge in [-0.1, -0.05) is 97.1 Å². The second-order valence-corrected chi connectivity index (χ2v) is 14.6. The molecule has 0 amide bonds. The summed E-state index contributed by atoms with van der Waals surface area (Å²) in [4.78, 5) is 12.4. The fraction of sp³-hybridized carbons (Fsp3) is 0. The molecule has 272 valence electrons. The van der Waals surface area contributed by atoms with Crippen molar-refractivity contribution < 1.29 is 4.42 Å². The van der Waals surface area contributed by atoms with Crippen LogP contribution < -0.4 is 4.90 Å². The Bertz CT molecular complexity index is 3480. The summed E-state index contributed by atoms with van der Waals surface area (Å²) in [6.45, 7) is 0. The van der Waals surface area contributed by atoms with Crippen LogP contribution in [0, 0.1) is 0 Å². The molecule has 6 heteroatoms. The van der Waals surface area contributed by atoms with Crippen molar-refractivity contribution in [3.05, 3.63) is 200 Å². The maximum Gasteiger partial charge on any atom is 0.163 e. The average molecular weight is 744 g/mol. The Labute approximate surface area is 333 Å². The van der Waals surface area contributed by atoms with Crippen molar-refractivity contribution in [2.24, 2.45) is 0 Å². The molecule has 0 radical (unpaired) electrons. The Kier molecular flexibility index (Phi) is 7.13. The first-order valence-electron chi connectivity index (χ1n) is 19.5. The highest BCUT2D eigenvalue weighted by Gasteiger charge is 2.24. The number of fused-ring (bicyclic) bond motifs is 11. The molecular formula is C52H33N5O. The third-order valence-corrected chi connectivity index (χ3v) is 11.4. The molecule has 0 spiro atoms. The smallest absolute Gasteiger partial charge is 0.163 e. The third kappa shape index (κ3) is 4.85. The maximum atomic E-state index is 7.04. The van der Waals surface area contributed by atoms with Crippen LogP contribution in [-0.2, 0) is 0 Å². The molecule has 5 aromatic heterocycles. The van der Waals surface area contributed by atoms with Crippen LogP contribution in [0.5, 0.6) is 0 Å². The van der Waals surface area contributed by atoms with Gasteiger partial charge in [-0.05, 0) is 102 Å². The number of pyridine rings is 2. The molecule has 0 fully saturated rings. The van der Waals surface area contributed by atoms with E-state index in [0.29, 0.717) is 0 Å². The summed E-state index contributed by atoms with van der Waals surface area (Å²) in [5.41, 5.74) is 15.2. The molecule has 0 aliphatic rings. The fourth-order valence-corrected chi connectivity index (χ4v) is 8.84. The van der Waals surface area contributed by atoms with Crippen LogP contribution in [0.2, 0.25) is 0 Å². The molecule has 12 rings (SSSR count). The van der Waals surface area contributed by atoms with Gasteiger partial charge in [0, 0.05) is 45.4 Å². The molecule has 5 heterocycles. The molecule has 0 saturated heterocycles. The monoisotopic (exact) mass is 743 g/mol. The zero-order chi connectivity index (χ0) is 38.2. The molecule has 0 bridgehead atoms. The number of hydrogen-bond donors (Lipinski definition) is 0. The van der Waals surface area contributed by atoms with E-state index in [1.807, 2.05) is 24.5 Å². The Morgan fingerprint density at radius 1 is 0.379 bits per heavy atom. The van der Waals surface area contributed by atoms with Crippen LogP contribution in [-0.4, -0.2) is 19.1 Å². The van der Waals surface area contributed by atoms with Crippen molar-refractivity contribution in [3.8, 4) is 22.5 Å². The van der Waals surface area contributed by atoms with Gasteiger partial charge in [0.25, 0.3) is 0 Å². The number of furan rings is 1. The molecule has 6 nitrogen and oxygen atoms in total. The Morgan fingerprint density at radius 3 is 1.76 bits per heavy atom. The highest BCUT2D eigenvalue weighted by Crippen LogP contribution is 2.44. The predicted molar refractivity (Wildman–Crippen MR) is 238 cm³/mol. The second-order valence-electron chi connectivity index (χ2n) is 14.6. The van der Waals surface area contributed by atoms with Gasteiger partial charge >= 0.3 is 0 Å². The van der Waals surface area contributed by atoms with Crippen molar-refractivity contribution in [1.29, 1.82) is 0 Å². The molecule has 0 unspecified atom stereocenters. The van der Waals surface area contributed by atoms with Crippen LogP contribution >= 0.6 is 0 Å². The lowest BCUT2D eigenvalue weighted by Crippen LogP contribution is -2.10. The predicted octanol–water partition coefficient (Wildman–Crippen LogP) is 13.7. The summed E-state index contributed by atoms with van der Waals surface area (Å²) in [7, 11) is 0. The molecule has 0 atom stereocenters. The molecule has 0 aliphatic heterocycles. The second kappa shape index (κ2) is 12.8. The van der Waals surface area contributed by atoms with Crippen molar-refractivity contribution in [1.82, 2.24) is 19.1 Å². The normalized spacial score (nSPS) is 11.8. The SMILES string of the molecule is c1ccc(-c2ccc(N(c3ccccc3)c3ccc(-n4c5cccnc5c5c6oc7c(ncc8c7c7ccccc7n8-c7ccccc7)c6ccc54)cc3)cc2)cc1. The topological polar surface area (TPSA) is 52.0 Å². The number of nitrogens with zero attached hydrogens (tertiary/aromatic N) is 5. The summed E-state index contributed by atoms with van der Waals surface area (Å²) < 4.78 is 11.6. The highest BCUT2D eigenvalue weighted by atomic mass is 16.3. The zero-order valence-electron chi connectivity index (χ0n) is 31.2. The highest BCUT2D eigenvalue weighted by molar-refractivity contribution is 6.27. The summed E-state index contributed by atoms with van der Waals surface area (Å²) in [6, 6.07) is 66.0. The fourth-order valence-electron chi connectivity index (χ4n) is 8.84. The van der Waals surface area contributed by atoms with Crippen molar-refractivity contribution >= 4 is 82.9 Å². The lowest BCUT2D eigenvalue weighted by atomic mass is 10.0. The van der Waals surface area contributed by atoms with Gasteiger partial charge in [0.15, 0.2) is 5.58 Å². The minimum absolute atomic E-state index is 0.782. The van der Waals surface area contributed by atoms with E-state index in [2.05, 4.69) is 190 Å². The van der Waals surface area contributed by atoms with Gasteiger partial charge in [-0.3, -0.25) is 4.98 Å². The largest absolute Gasteiger partial charge is 0.453 e. The number of anilines is 3. The molecule has 58 heavy (non-hydrogen) atoms. The van der Waals surface area contributed by atoms with E-state index in [0.717, 1.165) is 94.2 Å². The lowest BCUT2D eigenvalue weighted by molar-refractivity contribution is 0.676. The Hall–Kier alpha value is -7.96. The first-order valence-corrected chi connectivity index (χ1v) is 19.5. The lowest BCUT2D eigenvalue weighted by Gasteiger charge is -2.26. The van der Waals surface area contributed by atoms with Crippen LogP contribution in [0.1, 0.15) is 0 Å². The molecule has 7 aromatic carbocycles. The maximum absolute atomic E-state index is 7.04.